The van der Waals surface area contributed by atoms with Crippen LogP contribution in [0.3, 0.4) is 0 Å². The highest BCUT2D eigenvalue weighted by Crippen LogP contribution is 2.33. The summed E-state index contributed by atoms with van der Waals surface area (Å²) < 4.78 is 3.90. The van der Waals surface area contributed by atoms with Gasteiger partial charge in [0.05, 0.1) is 11.0 Å². The van der Waals surface area contributed by atoms with Gasteiger partial charge in [-0.1, -0.05) is 54.6 Å². The van der Waals surface area contributed by atoms with Gasteiger partial charge in [0.2, 0.25) is 11.9 Å². The van der Waals surface area contributed by atoms with E-state index < -0.39 is 0 Å². The molecule has 0 atom stereocenters. The van der Waals surface area contributed by atoms with Gasteiger partial charge in [0.15, 0.2) is 5.82 Å². The maximum atomic E-state index is 5.11. The van der Waals surface area contributed by atoms with E-state index in [-0.39, 0.29) is 0 Å². The van der Waals surface area contributed by atoms with Crippen molar-refractivity contribution in [2.45, 2.75) is 0 Å². The zero-order valence-corrected chi connectivity index (χ0v) is 24.1. The Hall–Kier alpha value is -6.61. The third-order valence-electron chi connectivity index (χ3n) is 8.57. The number of hydrogen-bond acceptors (Lipinski definition) is 7. The average Bonchev–Trinajstić information content (AvgIpc) is 3.64. The molecular formula is C37H21N9. The smallest absolute Gasteiger partial charge is 0.242 e. The Morgan fingerprint density at radius 1 is 0.435 bits per heavy atom. The van der Waals surface area contributed by atoms with Crippen molar-refractivity contribution in [1.82, 2.24) is 44.0 Å². The summed E-state index contributed by atoms with van der Waals surface area (Å²) in [5.41, 5.74) is 4.82. The molecule has 9 nitrogen and oxygen atoms in total. The fourth-order valence-electron chi connectivity index (χ4n) is 6.54. The Balaban J connectivity index is 1.30. The fraction of sp³-hybridized carbons (Fsp3) is 0. The van der Waals surface area contributed by atoms with E-state index in [4.69, 9.17) is 34.9 Å². The fourth-order valence-corrected chi connectivity index (χ4v) is 6.54. The standard InChI is InChI=1S/C37H21N9/c1-2-9-25-22(8-1)15-16-23-20-24(21-41-31(23)25)32-42-36(45-30-14-4-3-10-26(30)27-11-5-17-38-33(27)45)44-37(43-32)46-34-28(12-6-18-39-34)29-13-7-19-40-35(29)46/h1-21H. The Bertz CT molecular complexity index is 2590. The van der Waals surface area contributed by atoms with Gasteiger partial charge in [0, 0.05) is 62.7 Å². The Labute approximate surface area is 260 Å². The van der Waals surface area contributed by atoms with Crippen molar-refractivity contribution in [3.8, 4) is 23.3 Å². The van der Waals surface area contributed by atoms with Crippen molar-refractivity contribution in [3.05, 3.63) is 128 Å². The number of para-hydroxylation sites is 1. The van der Waals surface area contributed by atoms with Crippen LogP contribution < -0.4 is 0 Å². The molecule has 0 saturated heterocycles. The van der Waals surface area contributed by atoms with Crippen molar-refractivity contribution in [1.29, 1.82) is 0 Å². The summed E-state index contributed by atoms with van der Waals surface area (Å²) in [6, 6.07) is 34.7. The molecule has 9 heteroatoms. The monoisotopic (exact) mass is 591 g/mol. The van der Waals surface area contributed by atoms with Gasteiger partial charge in [0.25, 0.3) is 0 Å². The van der Waals surface area contributed by atoms with Crippen LogP contribution in [0.4, 0.5) is 0 Å². The highest BCUT2D eigenvalue weighted by molar-refractivity contribution is 6.08. The van der Waals surface area contributed by atoms with Gasteiger partial charge in [-0.25, -0.2) is 19.5 Å². The second-order valence-corrected chi connectivity index (χ2v) is 11.2. The number of rotatable bonds is 3. The van der Waals surface area contributed by atoms with E-state index in [0.717, 1.165) is 59.9 Å². The molecular weight excluding hydrogens is 570 g/mol. The van der Waals surface area contributed by atoms with E-state index >= 15 is 0 Å². The Morgan fingerprint density at radius 2 is 1.00 bits per heavy atom. The van der Waals surface area contributed by atoms with Gasteiger partial charge in [-0.3, -0.25) is 9.55 Å². The van der Waals surface area contributed by atoms with E-state index in [9.17, 15) is 0 Å². The number of fused-ring (bicyclic) bond motifs is 9. The molecule has 214 valence electrons. The minimum absolute atomic E-state index is 0.401. The number of aromatic nitrogens is 9. The summed E-state index contributed by atoms with van der Waals surface area (Å²) in [5.74, 6) is 1.31. The van der Waals surface area contributed by atoms with Crippen molar-refractivity contribution in [2.75, 3.05) is 0 Å². The lowest BCUT2D eigenvalue weighted by Gasteiger charge is -2.12. The Morgan fingerprint density at radius 3 is 1.74 bits per heavy atom. The molecule has 10 aromatic rings. The number of benzene rings is 3. The lowest BCUT2D eigenvalue weighted by molar-refractivity contribution is 0.879. The lowest BCUT2D eigenvalue weighted by Crippen LogP contribution is -2.11. The molecule has 46 heavy (non-hydrogen) atoms. The van der Waals surface area contributed by atoms with Crippen LogP contribution in [-0.4, -0.2) is 44.0 Å². The van der Waals surface area contributed by atoms with Gasteiger partial charge in [0.1, 0.15) is 16.9 Å². The number of hydrogen-bond donors (Lipinski definition) is 0. The third kappa shape index (κ3) is 3.53. The predicted molar refractivity (Wildman–Crippen MR) is 180 cm³/mol. The molecule has 0 unspecified atom stereocenters. The van der Waals surface area contributed by atoms with Crippen molar-refractivity contribution >= 4 is 65.7 Å². The molecule has 3 aromatic carbocycles. The minimum Gasteiger partial charge on any atom is -0.262 e. The van der Waals surface area contributed by atoms with Crippen LogP contribution in [0, 0.1) is 0 Å². The molecule has 0 fully saturated rings. The summed E-state index contributed by atoms with van der Waals surface area (Å²) in [4.78, 5) is 34.5. The highest BCUT2D eigenvalue weighted by Gasteiger charge is 2.22. The van der Waals surface area contributed by atoms with Crippen molar-refractivity contribution < 1.29 is 0 Å². The van der Waals surface area contributed by atoms with E-state index in [0.29, 0.717) is 29.0 Å². The average molecular weight is 592 g/mol. The molecule has 0 amide bonds. The zero-order chi connectivity index (χ0) is 30.2. The van der Waals surface area contributed by atoms with Crippen LogP contribution in [0.2, 0.25) is 0 Å². The first-order chi connectivity index (χ1) is 22.8. The van der Waals surface area contributed by atoms with Crippen LogP contribution in [0.5, 0.6) is 0 Å². The molecule has 0 aliphatic heterocycles. The summed E-state index contributed by atoms with van der Waals surface area (Å²) in [6.45, 7) is 0. The van der Waals surface area contributed by atoms with Gasteiger partial charge >= 0.3 is 0 Å². The molecule has 0 aliphatic rings. The third-order valence-corrected chi connectivity index (χ3v) is 8.57. The molecule has 0 N–H and O–H groups in total. The van der Waals surface area contributed by atoms with E-state index in [2.05, 4.69) is 48.5 Å². The molecule has 7 heterocycles. The summed E-state index contributed by atoms with van der Waals surface area (Å²) >= 11 is 0. The maximum Gasteiger partial charge on any atom is 0.242 e. The second-order valence-electron chi connectivity index (χ2n) is 11.2. The van der Waals surface area contributed by atoms with Crippen LogP contribution in [0.25, 0.3) is 89.0 Å². The molecule has 7 aromatic heterocycles. The van der Waals surface area contributed by atoms with Crippen molar-refractivity contribution in [3.63, 3.8) is 0 Å². The van der Waals surface area contributed by atoms with Crippen LogP contribution >= 0.6 is 0 Å². The second kappa shape index (κ2) is 9.44. The summed E-state index contributed by atoms with van der Waals surface area (Å²) in [7, 11) is 0. The van der Waals surface area contributed by atoms with E-state index in [1.807, 2.05) is 69.9 Å². The first-order valence-corrected chi connectivity index (χ1v) is 14.9. The van der Waals surface area contributed by atoms with Crippen molar-refractivity contribution in [2.24, 2.45) is 0 Å². The maximum absolute atomic E-state index is 5.11. The normalized spacial score (nSPS) is 11.9. The van der Waals surface area contributed by atoms with Crippen LogP contribution in [-0.2, 0) is 0 Å². The summed E-state index contributed by atoms with van der Waals surface area (Å²) in [6.07, 6.45) is 7.17. The van der Waals surface area contributed by atoms with Crippen LogP contribution in [0.1, 0.15) is 0 Å². The lowest BCUT2D eigenvalue weighted by atomic mass is 10.1. The number of pyridine rings is 4. The van der Waals surface area contributed by atoms with Gasteiger partial charge < -0.3 is 0 Å². The predicted octanol–water partition coefficient (Wildman–Crippen LogP) is 7.62. The minimum atomic E-state index is 0.401. The molecule has 10 rings (SSSR count). The topological polar surface area (TPSA) is 100 Å². The SMILES string of the molecule is c1ccc2c(c1)ccc1cc(-c3nc(-n4c5ccccc5c5cccnc54)nc(-n4c5ncccc5c5cccnc54)n3)cnc12. The zero-order valence-electron chi connectivity index (χ0n) is 24.1. The van der Waals surface area contributed by atoms with Gasteiger partial charge in [-0.15, -0.1) is 0 Å². The van der Waals surface area contributed by atoms with Gasteiger partial charge in [-0.05, 0) is 53.9 Å². The summed E-state index contributed by atoms with van der Waals surface area (Å²) in [5, 5.41) is 7.25. The number of nitrogens with zero attached hydrogens (tertiary/aromatic N) is 9. The quantitative estimate of drug-likeness (QED) is 0.195. The Kier molecular flexibility index (Phi) is 5.09. The van der Waals surface area contributed by atoms with E-state index in [1.54, 1.807) is 18.6 Å². The molecule has 0 aliphatic carbocycles. The molecule has 0 bridgehead atoms. The first-order valence-electron chi connectivity index (χ1n) is 14.9. The van der Waals surface area contributed by atoms with Crippen LogP contribution in [0.15, 0.2) is 128 Å². The highest BCUT2D eigenvalue weighted by atomic mass is 15.3. The molecule has 0 saturated carbocycles. The largest absolute Gasteiger partial charge is 0.262 e. The molecule has 0 radical (unpaired) electrons. The van der Waals surface area contributed by atoms with Gasteiger partial charge in [-0.2, -0.15) is 15.0 Å². The first kappa shape index (κ1) is 24.8. The van der Waals surface area contributed by atoms with E-state index in [1.165, 1.54) is 0 Å². The molecule has 0 spiro atoms.